The number of allylic oxidation sites excluding steroid dienone is 4. The Kier molecular flexibility index (Phi) is 8.67. The fourth-order valence-electron chi connectivity index (χ4n) is 8.23. The molecule has 1 aliphatic carbocycles. The molecule has 0 fully saturated rings. The van der Waals surface area contributed by atoms with Gasteiger partial charge in [0.05, 0.1) is 11.4 Å². The van der Waals surface area contributed by atoms with Crippen LogP contribution in [0.5, 0.6) is 0 Å². The molecular formula is C53H42N2. The van der Waals surface area contributed by atoms with Crippen LogP contribution in [0.15, 0.2) is 182 Å². The summed E-state index contributed by atoms with van der Waals surface area (Å²) in [6.07, 6.45) is 6.15. The molecule has 2 nitrogen and oxygen atoms in total. The Morgan fingerprint density at radius 1 is 0.455 bits per heavy atom. The van der Waals surface area contributed by atoms with E-state index in [-0.39, 0.29) is 5.41 Å². The first kappa shape index (κ1) is 34.1. The van der Waals surface area contributed by atoms with Crippen molar-refractivity contribution in [1.82, 2.24) is 9.97 Å². The molecule has 0 aliphatic heterocycles. The van der Waals surface area contributed by atoms with E-state index in [9.17, 15) is 0 Å². The maximum atomic E-state index is 5.03. The summed E-state index contributed by atoms with van der Waals surface area (Å²) in [5.74, 6) is 0.721. The maximum Gasteiger partial charge on any atom is 0.160 e. The van der Waals surface area contributed by atoms with Crippen LogP contribution in [0, 0.1) is 0 Å². The van der Waals surface area contributed by atoms with E-state index in [0.29, 0.717) is 0 Å². The number of rotatable bonds is 7. The molecule has 1 heterocycles. The molecule has 2 heteroatoms. The molecular weight excluding hydrogens is 665 g/mol. The molecule has 9 rings (SSSR count). The molecule has 0 saturated carbocycles. The van der Waals surface area contributed by atoms with Gasteiger partial charge in [-0.1, -0.05) is 178 Å². The zero-order chi connectivity index (χ0) is 37.5. The van der Waals surface area contributed by atoms with Crippen molar-refractivity contribution in [3.05, 3.63) is 199 Å². The molecule has 8 aromatic rings. The van der Waals surface area contributed by atoms with Crippen molar-refractivity contribution in [2.75, 3.05) is 0 Å². The minimum atomic E-state index is -0.0101. The maximum absolute atomic E-state index is 5.03. The number of hydrogen-bond donors (Lipinski definition) is 0. The van der Waals surface area contributed by atoms with Crippen molar-refractivity contribution >= 4 is 16.3 Å². The highest BCUT2D eigenvalue weighted by Crippen LogP contribution is 2.49. The SMILES string of the molecule is C/C=C\C(=C/C)c1nc(-c2ccccc2)cc(-c2ccc(-c3cccc4cc(-c5ccc(-c6ccc7c(c6)C(C)(C)c6ccccc6-7)cc5)ccc34)cc2)n1. The summed E-state index contributed by atoms with van der Waals surface area (Å²) >= 11 is 0. The lowest BCUT2D eigenvalue weighted by Crippen LogP contribution is -2.14. The van der Waals surface area contributed by atoms with Crippen molar-refractivity contribution in [2.45, 2.75) is 33.1 Å². The highest BCUT2D eigenvalue weighted by atomic mass is 14.9. The fraction of sp³-hybridized carbons (Fsp3) is 0.0943. The summed E-state index contributed by atoms with van der Waals surface area (Å²) < 4.78 is 0. The second kappa shape index (κ2) is 14.0. The van der Waals surface area contributed by atoms with Gasteiger partial charge in [-0.15, -0.1) is 0 Å². The Morgan fingerprint density at radius 3 is 1.73 bits per heavy atom. The van der Waals surface area contributed by atoms with Crippen LogP contribution < -0.4 is 0 Å². The lowest BCUT2D eigenvalue weighted by Gasteiger charge is -2.22. The van der Waals surface area contributed by atoms with Gasteiger partial charge in [0.15, 0.2) is 5.82 Å². The van der Waals surface area contributed by atoms with Crippen LogP contribution in [-0.2, 0) is 5.41 Å². The van der Waals surface area contributed by atoms with E-state index >= 15 is 0 Å². The monoisotopic (exact) mass is 706 g/mol. The second-order valence-electron chi connectivity index (χ2n) is 14.9. The normalized spacial score (nSPS) is 13.3. The van der Waals surface area contributed by atoms with Crippen molar-refractivity contribution in [3.63, 3.8) is 0 Å². The van der Waals surface area contributed by atoms with E-state index in [1.54, 1.807) is 0 Å². The molecule has 55 heavy (non-hydrogen) atoms. The Bertz CT molecular complexity index is 2770. The van der Waals surface area contributed by atoms with Crippen LogP contribution in [0.4, 0.5) is 0 Å². The fourth-order valence-corrected chi connectivity index (χ4v) is 8.23. The van der Waals surface area contributed by atoms with E-state index in [0.717, 1.165) is 33.9 Å². The van der Waals surface area contributed by atoms with Gasteiger partial charge in [-0.2, -0.15) is 0 Å². The topological polar surface area (TPSA) is 25.8 Å². The van der Waals surface area contributed by atoms with Crippen LogP contribution in [0.25, 0.3) is 83.4 Å². The van der Waals surface area contributed by atoms with Crippen LogP contribution in [-0.4, -0.2) is 9.97 Å². The third-order valence-electron chi connectivity index (χ3n) is 11.2. The summed E-state index contributed by atoms with van der Waals surface area (Å²) in [6.45, 7) is 8.73. The Balaban J connectivity index is 0.997. The molecule has 0 radical (unpaired) electrons. The molecule has 7 aromatic carbocycles. The molecule has 0 N–H and O–H groups in total. The predicted molar refractivity (Wildman–Crippen MR) is 233 cm³/mol. The number of hydrogen-bond acceptors (Lipinski definition) is 2. The number of aromatic nitrogens is 2. The quantitative estimate of drug-likeness (QED) is 0.154. The van der Waals surface area contributed by atoms with E-state index in [4.69, 9.17) is 9.97 Å². The van der Waals surface area contributed by atoms with Crippen molar-refractivity contribution < 1.29 is 0 Å². The predicted octanol–water partition coefficient (Wildman–Crippen LogP) is 14.3. The van der Waals surface area contributed by atoms with Crippen LogP contribution >= 0.6 is 0 Å². The standard InChI is InChI=1S/C53H42N2/c1-5-13-35(6-2)52-54-50(39-14-8-7-9-15-39)34-51(55-52)40-26-24-38(25-27-40)44-18-12-16-43-32-41(28-30-45(43)44)36-20-22-37(23-21-36)42-29-31-47-46-17-10-11-19-48(46)53(3,4)49(47)33-42/h5-34H,1-4H3/b13-5-,35-6+. The van der Waals surface area contributed by atoms with Gasteiger partial charge in [0.25, 0.3) is 0 Å². The molecule has 0 unspecified atom stereocenters. The molecule has 1 aromatic heterocycles. The molecule has 0 saturated heterocycles. The van der Waals surface area contributed by atoms with E-state index in [1.807, 2.05) is 38.1 Å². The summed E-state index contributed by atoms with van der Waals surface area (Å²) in [6, 6.07) is 59.4. The minimum absolute atomic E-state index is 0.0101. The molecule has 0 bridgehead atoms. The van der Waals surface area contributed by atoms with E-state index in [1.165, 1.54) is 66.4 Å². The van der Waals surface area contributed by atoms with Crippen molar-refractivity contribution in [1.29, 1.82) is 0 Å². The number of fused-ring (bicyclic) bond motifs is 4. The first-order chi connectivity index (χ1) is 26.9. The Morgan fingerprint density at radius 2 is 1.02 bits per heavy atom. The molecule has 0 spiro atoms. The Labute approximate surface area is 324 Å². The number of nitrogens with zero attached hydrogens (tertiary/aromatic N) is 2. The first-order valence-electron chi connectivity index (χ1n) is 19.1. The van der Waals surface area contributed by atoms with E-state index in [2.05, 4.69) is 172 Å². The van der Waals surface area contributed by atoms with Gasteiger partial charge in [-0.3, -0.25) is 0 Å². The first-order valence-corrected chi connectivity index (χ1v) is 19.1. The third-order valence-corrected chi connectivity index (χ3v) is 11.2. The van der Waals surface area contributed by atoms with Crippen LogP contribution in [0.2, 0.25) is 0 Å². The minimum Gasteiger partial charge on any atom is -0.228 e. The molecule has 0 atom stereocenters. The smallest absolute Gasteiger partial charge is 0.160 e. The van der Waals surface area contributed by atoms with Gasteiger partial charge in [0.2, 0.25) is 0 Å². The van der Waals surface area contributed by atoms with Gasteiger partial charge in [0.1, 0.15) is 0 Å². The third kappa shape index (κ3) is 6.20. The lowest BCUT2D eigenvalue weighted by atomic mass is 9.81. The molecule has 1 aliphatic rings. The Hall–Kier alpha value is -6.64. The molecule has 264 valence electrons. The van der Waals surface area contributed by atoms with Crippen LogP contribution in [0.1, 0.15) is 44.6 Å². The van der Waals surface area contributed by atoms with Gasteiger partial charge in [-0.05, 0) is 98.5 Å². The zero-order valence-electron chi connectivity index (χ0n) is 31.7. The van der Waals surface area contributed by atoms with Gasteiger partial charge < -0.3 is 0 Å². The molecule has 0 amide bonds. The van der Waals surface area contributed by atoms with Gasteiger partial charge in [-0.25, -0.2) is 9.97 Å². The average molecular weight is 707 g/mol. The summed E-state index contributed by atoms with van der Waals surface area (Å²) in [4.78, 5) is 9.99. The number of benzene rings is 7. The zero-order valence-corrected chi connectivity index (χ0v) is 31.7. The lowest BCUT2D eigenvalue weighted by molar-refractivity contribution is 0.660. The summed E-state index contributed by atoms with van der Waals surface area (Å²) in [7, 11) is 0. The van der Waals surface area contributed by atoms with Crippen LogP contribution in [0.3, 0.4) is 0 Å². The highest BCUT2D eigenvalue weighted by Gasteiger charge is 2.35. The second-order valence-corrected chi connectivity index (χ2v) is 14.9. The van der Waals surface area contributed by atoms with Crippen molar-refractivity contribution in [3.8, 4) is 67.0 Å². The largest absolute Gasteiger partial charge is 0.228 e. The van der Waals surface area contributed by atoms with E-state index < -0.39 is 0 Å². The summed E-state index contributed by atoms with van der Waals surface area (Å²) in [5.41, 5.74) is 17.8. The van der Waals surface area contributed by atoms with Gasteiger partial charge in [0, 0.05) is 22.1 Å². The van der Waals surface area contributed by atoms with Gasteiger partial charge >= 0.3 is 0 Å². The van der Waals surface area contributed by atoms with Crippen molar-refractivity contribution in [2.24, 2.45) is 0 Å². The average Bonchev–Trinajstić information content (AvgIpc) is 3.48. The highest BCUT2D eigenvalue weighted by molar-refractivity contribution is 5.99. The summed E-state index contributed by atoms with van der Waals surface area (Å²) in [5, 5.41) is 2.46.